The van der Waals surface area contributed by atoms with E-state index in [4.69, 9.17) is 0 Å². The summed E-state index contributed by atoms with van der Waals surface area (Å²) >= 11 is 0. The minimum Gasteiger partial charge on any atom is -0.392 e. The van der Waals surface area contributed by atoms with Gasteiger partial charge < -0.3 is 20.6 Å². The molecule has 4 heteroatoms. The van der Waals surface area contributed by atoms with Crippen molar-refractivity contribution in [3.8, 4) is 11.1 Å². The first-order valence-corrected chi connectivity index (χ1v) is 11.4. The maximum atomic E-state index is 10.9. The topological polar surface area (TPSA) is 72.7 Å². The number of benzene rings is 3. The Labute approximate surface area is 191 Å². The Morgan fingerprint density at radius 3 is 2.12 bits per heavy atom. The minimum atomic E-state index is -0.776. The molecule has 0 saturated carbocycles. The molecule has 170 valence electrons. The Morgan fingerprint density at radius 1 is 0.781 bits per heavy atom. The Kier molecular flexibility index (Phi) is 7.73. The second-order valence-corrected chi connectivity index (χ2v) is 8.57. The first-order valence-electron chi connectivity index (χ1n) is 11.4. The minimum absolute atomic E-state index is 0.0726. The predicted molar refractivity (Wildman–Crippen MR) is 131 cm³/mol. The highest BCUT2D eigenvalue weighted by atomic mass is 16.3. The molecule has 0 amide bonds. The zero-order valence-corrected chi connectivity index (χ0v) is 19.6. The summed E-state index contributed by atoms with van der Waals surface area (Å²) < 4.78 is 0. The van der Waals surface area contributed by atoms with Gasteiger partial charge in [-0.05, 0) is 77.3 Å². The van der Waals surface area contributed by atoms with Crippen LogP contribution in [0.15, 0.2) is 54.6 Å². The highest BCUT2D eigenvalue weighted by Gasteiger charge is 2.25. The van der Waals surface area contributed by atoms with Crippen LogP contribution in [0.25, 0.3) is 11.1 Å². The van der Waals surface area contributed by atoms with Gasteiger partial charge in [-0.2, -0.15) is 0 Å². The zero-order chi connectivity index (χ0) is 23.3. The number of nitrogens with one attached hydrogen (secondary N) is 1. The van der Waals surface area contributed by atoms with Gasteiger partial charge in [0.1, 0.15) is 0 Å². The van der Waals surface area contributed by atoms with E-state index in [-0.39, 0.29) is 13.2 Å². The predicted octanol–water partition coefficient (Wildman–Crippen LogP) is 5.57. The maximum absolute atomic E-state index is 10.9. The van der Waals surface area contributed by atoms with Gasteiger partial charge in [-0.1, -0.05) is 62.4 Å². The van der Waals surface area contributed by atoms with Crippen LogP contribution in [0, 0.1) is 13.8 Å². The molecule has 0 fully saturated rings. The highest BCUT2D eigenvalue weighted by molar-refractivity contribution is 5.73. The van der Waals surface area contributed by atoms with Gasteiger partial charge in [0.25, 0.3) is 0 Å². The molecular formula is C28H35NO3. The monoisotopic (exact) mass is 433 g/mol. The van der Waals surface area contributed by atoms with Gasteiger partial charge in [0, 0.05) is 12.2 Å². The summed E-state index contributed by atoms with van der Waals surface area (Å²) in [6, 6.07) is 18.4. The summed E-state index contributed by atoms with van der Waals surface area (Å²) in [7, 11) is 0. The van der Waals surface area contributed by atoms with Crippen molar-refractivity contribution in [2.45, 2.75) is 65.9 Å². The largest absolute Gasteiger partial charge is 0.392 e. The summed E-state index contributed by atoms with van der Waals surface area (Å²) in [4.78, 5) is 0. The van der Waals surface area contributed by atoms with Crippen molar-refractivity contribution in [3.05, 3.63) is 88.0 Å². The van der Waals surface area contributed by atoms with Crippen LogP contribution in [0.4, 0.5) is 5.69 Å². The highest BCUT2D eigenvalue weighted by Crippen LogP contribution is 2.34. The molecule has 3 aromatic carbocycles. The molecule has 0 heterocycles. The van der Waals surface area contributed by atoms with Crippen molar-refractivity contribution in [3.63, 3.8) is 0 Å². The Bertz CT molecular complexity index is 1070. The Morgan fingerprint density at radius 2 is 1.50 bits per heavy atom. The number of aliphatic hydroxyl groups is 3. The van der Waals surface area contributed by atoms with Gasteiger partial charge in [-0.3, -0.25) is 0 Å². The second kappa shape index (κ2) is 10.3. The van der Waals surface area contributed by atoms with Crippen LogP contribution in [-0.2, 0) is 25.4 Å². The fourth-order valence-electron chi connectivity index (χ4n) is 4.20. The lowest BCUT2D eigenvalue weighted by Crippen LogP contribution is -2.23. The molecule has 0 aliphatic carbocycles. The van der Waals surface area contributed by atoms with E-state index in [1.165, 1.54) is 0 Å². The number of hydrogen-bond donors (Lipinski definition) is 4. The molecule has 0 aliphatic heterocycles. The lowest BCUT2D eigenvalue weighted by atomic mass is 9.86. The van der Waals surface area contributed by atoms with Crippen LogP contribution in [-0.4, -0.2) is 15.3 Å². The van der Waals surface area contributed by atoms with Crippen molar-refractivity contribution in [2.24, 2.45) is 0 Å². The molecule has 4 N–H and O–H groups in total. The first-order chi connectivity index (χ1) is 15.3. The first kappa shape index (κ1) is 24.0. The van der Waals surface area contributed by atoms with Crippen LogP contribution >= 0.6 is 0 Å². The molecule has 0 spiro atoms. The molecule has 4 nitrogen and oxygen atoms in total. The Hall–Kier alpha value is -2.66. The Balaban J connectivity index is 1.85. The van der Waals surface area contributed by atoms with Crippen molar-refractivity contribution in [2.75, 3.05) is 5.32 Å². The van der Waals surface area contributed by atoms with E-state index in [0.717, 1.165) is 50.2 Å². The maximum Gasteiger partial charge on any atom is 0.0891 e. The van der Waals surface area contributed by atoms with Gasteiger partial charge >= 0.3 is 0 Å². The SMILES string of the molecule is CCC(O)(CC)c1ccc(-c2ccc(C)c(NCc3ccc(CO)c(CO)c3)c2)c(C)c1. The summed E-state index contributed by atoms with van der Waals surface area (Å²) in [6.07, 6.45) is 1.39. The molecule has 3 aromatic rings. The molecule has 32 heavy (non-hydrogen) atoms. The van der Waals surface area contributed by atoms with Crippen molar-refractivity contribution in [1.29, 1.82) is 0 Å². The van der Waals surface area contributed by atoms with Crippen LogP contribution in [0.1, 0.15) is 60.1 Å². The smallest absolute Gasteiger partial charge is 0.0891 e. The molecule has 0 radical (unpaired) electrons. The van der Waals surface area contributed by atoms with Crippen molar-refractivity contribution in [1.82, 2.24) is 0 Å². The second-order valence-electron chi connectivity index (χ2n) is 8.57. The quantitative estimate of drug-likeness (QED) is 0.356. The average Bonchev–Trinajstić information content (AvgIpc) is 2.82. The lowest BCUT2D eigenvalue weighted by Gasteiger charge is -2.26. The van der Waals surface area contributed by atoms with E-state index in [9.17, 15) is 15.3 Å². The molecule has 0 saturated heterocycles. The van der Waals surface area contributed by atoms with Gasteiger partial charge in [0.15, 0.2) is 0 Å². The van der Waals surface area contributed by atoms with Gasteiger partial charge in [0.2, 0.25) is 0 Å². The lowest BCUT2D eigenvalue weighted by molar-refractivity contribution is 0.0283. The van der Waals surface area contributed by atoms with E-state index in [0.29, 0.717) is 19.4 Å². The molecule has 3 rings (SSSR count). The third-order valence-corrected chi connectivity index (χ3v) is 6.58. The summed E-state index contributed by atoms with van der Waals surface area (Å²) in [5.41, 5.74) is 8.40. The average molecular weight is 434 g/mol. The summed E-state index contributed by atoms with van der Waals surface area (Å²) in [5.74, 6) is 0. The molecule has 0 atom stereocenters. The van der Waals surface area contributed by atoms with E-state index in [1.54, 1.807) is 0 Å². The molecule has 0 aliphatic rings. The fourth-order valence-corrected chi connectivity index (χ4v) is 4.20. The number of hydrogen-bond acceptors (Lipinski definition) is 4. The van der Waals surface area contributed by atoms with Crippen LogP contribution in [0.3, 0.4) is 0 Å². The van der Waals surface area contributed by atoms with Crippen LogP contribution in [0.2, 0.25) is 0 Å². The van der Waals surface area contributed by atoms with E-state index in [2.05, 4.69) is 49.5 Å². The van der Waals surface area contributed by atoms with E-state index < -0.39 is 5.60 Å². The molecular weight excluding hydrogens is 398 g/mol. The number of aryl methyl sites for hydroxylation is 2. The van der Waals surface area contributed by atoms with Gasteiger partial charge in [-0.15, -0.1) is 0 Å². The normalized spacial score (nSPS) is 11.6. The van der Waals surface area contributed by atoms with Gasteiger partial charge in [-0.25, -0.2) is 0 Å². The molecule has 0 unspecified atom stereocenters. The third kappa shape index (κ3) is 5.04. The third-order valence-electron chi connectivity index (χ3n) is 6.58. The van der Waals surface area contributed by atoms with Crippen LogP contribution in [0.5, 0.6) is 0 Å². The summed E-state index contributed by atoms with van der Waals surface area (Å²) in [6.45, 7) is 8.68. The zero-order valence-electron chi connectivity index (χ0n) is 19.6. The number of aliphatic hydroxyl groups excluding tert-OH is 2. The van der Waals surface area contributed by atoms with Crippen molar-refractivity contribution < 1.29 is 15.3 Å². The van der Waals surface area contributed by atoms with E-state index >= 15 is 0 Å². The van der Waals surface area contributed by atoms with E-state index in [1.807, 2.05) is 38.1 Å². The summed E-state index contributed by atoms with van der Waals surface area (Å²) in [5, 5.41) is 33.3. The standard InChI is InChI=1S/C28H35NO3/c1-5-28(32,6-2)25-11-12-26(20(4)13-25)22-9-7-19(3)27(15-22)29-16-21-8-10-23(17-30)24(14-21)18-31/h7-15,29-32H,5-6,16-18H2,1-4H3. The number of rotatable bonds is 9. The van der Waals surface area contributed by atoms with Crippen molar-refractivity contribution >= 4 is 5.69 Å². The molecule has 0 aromatic heterocycles. The van der Waals surface area contributed by atoms with Crippen LogP contribution < -0.4 is 5.32 Å². The fraction of sp³-hybridized carbons (Fsp3) is 0.357. The van der Waals surface area contributed by atoms with Gasteiger partial charge in [0.05, 0.1) is 18.8 Å². The molecule has 0 bridgehead atoms. The number of anilines is 1.